The summed E-state index contributed by atoms with van der Waals surface area (Å²) in [4.78, 5) is 23.9. The number of carbonyl (C=O) groups excluding carboxylic acids is 2. The highest BCUT2D eigenvalue weighted by Crippen LogP contribution is 2.16. The van der Waals surface area contributed by atoms with Crippen molar-refractivity contribution in [3.05, 3.63) is 42.2 Å². The molecule has 0 spiro atoms. The van der Waals surface area contributed by atoms with Gasteiger partial charge in [-0.15, -0.1) is 0 Å². The van der Waals surface area contributed by atoms with E-state index in [0.29, 0.717) is 17.9 Å². The minimum Gasteiger partial charge on any atom is -0.494 e. The van der Waals surface area contributed by atoms with E-state index >= 15 is 0 Å². The normalized spacial score (nSPS) is 11.0. The molecule has 1 aromatic heterocycles. The molecule has 2 aromatic rings. The second kappa shape index (κ2) is 7.83. The van der Waals surface area contributed by atoms with Crippen LogP contribution in [0.3, 0.4) is 0 Å². The van der Waals surface area contributed by atoms with Gasteiger partial charge in [-0.2, -0.15) is 5.10 Å². The monoisotopic (exact) mass is 345 g/mol. The largest absolute Gasteiger partial charge is 0.494 e. The predicted octanol–water partition coefficient (Wildman–Crippen LogP) is 2.83. The molecule has 0 radical (unpaired) electrons. The molecule has 2 rings (SSSR count). The second-order valence-electron chi connectivity index (χ2n) is 6.43. The Morgan fingerprint density at radius 2 is 1.88 bits per heavy atom. The first-order chi connectivity index (χ1) is 11.8. The summed E-state index contributed by atoms with van der Waals surface area (Å²) in [5.74, 6) is -0.277. The lowest BCUT2D eigenvalue weighted by molar-refractivity contribution is -0.119. The smallest absolute Gasteiger partial charge is 0.341 e. The second-order valence-corrected chi connectivity index (χ2v) is 6.43. The lowest BCUT2D eigenvalue weighted by Crippen LogP contribution is -2.22. The van der Waals surface area contributed by atoms with Crippen LogP contribution in [0.5, 0.6) is 5.75 Å². The van der Waals surface area contributed by atoms with Gasteiger partial charge in [0.15, 0.2) is 6.61 Å². The van der Waals surface area contributed by atoms with E-state index in [1.807, 2.05) is 27.7 Å². The molecule has 1 aromatic carbocycles. The molecule has 0 atom stereocenters. The summed E-state index contributed by atoms with van der Waals surface area (Å²) in [7, 11) is 0. The van der Waals surface area contributed by atoms with Gasteiger partial charge < -0.3 is 14.8 Å². The first-order valence-electron chi connectivity index (χ1n) is 8.04. The number of anilines is 1. The zero-order chi connectivity index (χ0) is 18.4. The third-order valence-electron chi connectivity index (χ3n) is 3.29. The summed E-state index contributed by atoms with van der Waals surface area (Å²) >= 11 is 0. The molecule has 7 nitrogen and oxygen atoms in total. The molecular weight excluding hydrogens is 322 g/mol. The van der Waals surface area contributed by atoms with Crippen LogP contribution in [-0.2, 0) is 15.1 Å². The molecular formula is C18H23N3O4. The van der Waals surface area contributed by atoms with Gasteiger partial charge in [0.1, 0.15) is 5.75 Å². The Kier molecular flexibility index (Phi) is 5.80. The molecule has 25 heavy (non-hydrogen) atoms. The summed E-state index contributed by atoms with van der Waals surface area (Å²) in [6.07, 6.45) is 3.03. The third-order valence-corrected chi connectivity index (χ3v) is 3.29. The van der Waals surface area contributed by atoms with Crippen molar-refractivity contribution in [2.45, 2.75) is 33.2 Å². The van der Waals surface area contributed by atoms with Crippen LogP contribution in [0, 0.1) is 0 Å². The van der Waals surface area contributed by atoms with E-state index in [4.69, 9.17) is 9.47 Å². The molecule has 134 valence electrons. The molecule has 1 heterocycles. The van der Waals surface area contributed by atoms with Crippen molar-refractivity contribution in [3.63, 3.8) is 0 Å². The number of carbonyl (C=O) groups is 2. The van der Waals surface area contributed by atoms with Gasteiger partial charge in [0.05, 0.1) is 23.9 Å². The Hall–Kier alpha value is -2.83. The number of aromatic nitrogens is 2. The fourth-order valence-corrected chi connectivity index (χ4v) is 2.01. The number of ether oxygens (including phenoxy) is 2. The zero-order valence-electron chi connectivity index (χ0n) is 14.9. The fraction of sp³-hybridized carbons (Fsp3) is 0.389. The van der Waals surface area contributed by atoms with Crippen LogP contribution >= 0.6 is 0 Å². The van der Waals surface area contributed by atoms with Crippen LogP contribution in [-0.4, -0.2) is 34.9 Å². The highest BCUT2D eigenvalue weighted by Gasteiger charge is 2.18. The lowest BCUT2D eigenvalue weighted by Gasteiger charge is -2.18. The van der Waals surface area contributed by atoms with Gasteiger partial charge in [0.2, 0.25) is 0 Å². The maximum absolute atomic E-state index is 12.0. The number of benzene rings is 1. The average Bonchev–Trinajstić information content (AvgIpc) is 3.05. The van der Waals surface area contributed by atoms with Gasteiger partial charge >= 0.3 is 5.97 Å². The quantitative estimate of drug-likeness (QED) is 0.814. The van der Waals surface area contributed by atoms with E-state index in [-0.39, 0.29) is 12.1 Å². The molecule has 1 amide bonds. The Labute approximate surface area is 146 Å². The summed E-state index contributed by atoms with van der Waals surface area (Å²) < 4.78 is 12.0. The Balaban J connectivity index is 1.85. The summed E-state index contributed by atoms with van der Waals surface area (Å²) in [6, 6.07) is 6.95. The van der Waals surface area contributed by atoms with E-state index in [1.54, 1.807) is 35.1 Å². The molecule has 0 aliphatic rings. The molecule has 0 unspecified atom stereocenters. The van der Waals surface area contributed by atoms with Crippen LogP contribution in [0.15, 0.2) is 36.7 Å². The summed E-state index contributed by atoms with van der Waals surface area (Å²) in [5, 5.41) is 6.79. The van der Waals surface area contributed by atoms with Crippen molar-refractivity contribution >= 4 is 17.6 Å². The van der Waals surface area contributed by atoms with Crippen LogP contribution < -0.4 is 10.1 Å². The van der Waals surface area contributed by atoms with Crippen LogP contribution in [0.4, 0.5) is 5.69 Å². The first-order valence-corrected chi connectivity index (χ1v) is 8.04. The molecule has 0 aliphatic heterocycles. The van der Waals surface area contributed by atoms with Crippen LogP contribution in [0.2, 0.25) is 0 Å². The van der Waals surface area contributed by atoms with Gasteiger partial charge in [0, 0.05) is 11.9 Å². The van der Waals surface area contributed by atoms with E-state index < -0.39 is 11.9 Å². The van der Waals surface area contributed by atoms with E-state index in [0.717, 1.165) is 5.75 Å². The zero-order valence-corrected chi connectivity index (χ0v) is 14.9. The number of hydrogen-bond donors (Lipinski definition) is 1. The van der Waals surface area contributed by atoms with Gasteiger partial charge in [-0.1, -0.05) is 0 Å². The van der Waals surface area contributed by atoms with Crippen LogP contribution in [0.1, 0.15) is 38.1 Å². The maximum atomic E-state index is 12.0. The third kappa shape index (κ3) is 5.34. The molecule has 0 saturated heterocycles. The van der Waals surface area contributed by atoms with Crippen molar-refractivity contribution < 1.29 is 19.1 Å². The Morgan fingerprint density at radius 3 is 2.44 bits per heavy atom. The van der Waals surface area contributed by atoms with Gasteiger partial charge in [-0.25, -0.2) is 4.79 Å². The number of esters is 1. The number of nitrogens with one attached hydrogen (secondary N) is 1. The van der Waals surface area contributed by atoms with Gasteiger partial charge in [-0.3, -0.25) is 9.48 Å². The number of hydrogen-bond acceptors (Lipinski definition) is 5. The molecule has 0 saturated carbocycles. The number of nitrogens with zero attached hydrogens (tertiary/aromatic N) is 2. The SMILES string of the molecule is CCOc1ccc(NC(=O)COC(=O)c2cnn(C(C)(C)C)c2)cc1. The minimum absolute atomic E-state index is 0.233. The fourth-order valence-electron chi connectivity index (χ4n) is 2.01. The molecule has 0 fully saturated rings. The van der Waals surface area contributed by atoms with Gasteiger partial charge in [0.25, 0.3) is 5.91 Å². The van der Waals surface area contributed by atoms with Crippen LogP contribution in [0.25, 0.3) is 0 Å². The Morgan fingerprint density at radius 1 is 1.20 bits per heavy atom. The highest BCUT2D eigenvalue weighted by molar-refractivity contribution is 5.95. The standard InChI is InChI=1S/C18H23N3O4/c1-5-24-15-8-6-14(7-9-15)20-16(22)12-25-17(23)13-10-19-21(11-13)18(2,3)4/h6-11H,5,12H2,1-4H3,(H,20,22). The van der Waals surface area contributed by atoms with E-state index in [9.17, 15) is 9.59 Å². The minimum atomic E-state index is -0.586. The number of rotatable bonds is 6. The van der Waals surface area contributed by atoms with Gasteiger partial charge in [-0.05, 0) is 52.0 Å². The van der Waals surface area contributed by atoms with Crippen molar-refractivity contribution in [3.8, 4) is 5.75 Å². The average molecular weight is 345 g/mol. The summed E-state index contributed by atoms with van der Waals surface area (Å²) in [5.41, 5.74) is 0.678. The van der Waals surface area contributed by atoms with Crippen molar-refractivity contribution in [1.82, 2.24) is 9.78 Å². The Bertz CT molecular complexity index is 730. The highest BCUT2D eigenvalue weighted by atomic mass is 16.5. The van der Waals surface area contributed by atoms with Crippen molar-refractivity contribution in [2.24, 2.45) is 0 Å². The van der Waals surface area contributed by atoms with Crippen molar-refractivity contribution in [2.75, 3.05) is 18.5 Å². The van der Waals surface area contributed by atoms with Crippen molar-refractivity contribution in [1.29, 1.82) is 0 Å². The van der Waals surface area contributed by atoms with E-state index in [1.165, 1.54) is 6.20 Å². The van der Waals surface area contributed by atoms with E-state index in [2.05, 4.69) is 10.4 Å². The first kappa shape index (κ1) is 18.5. The molecule has 1 N–H and O–H groups in total. The molecule has 7 heteroatoms. The summed E-state index contributed by atoms with van der Waals surface area (Å²) in [6.45, 7) is 8.02. The number of amides is 1. The molecule has 0 aliphatic carbocycles. The topological polar surface area (TPSA) is 82.4 Å². The molecule has 0 bridgehead atoms. The lowest BCUT2D eigenvalue weighted by atomic mass is 10.1. The maximum Gasteiger partial charge on any atom is 0.341 e. The predicted molar refractivity (Wildman–Crippen MR) is 93.7 cm³/mol.